The minimum absolute atomic E-state index is 0.0637. The molecule has 6 nitrogen and oxygen atoms in total. The number of nitro groups is 1. The summed E-state index contributed by atoms with van der Waals surface area (Å²) in [5.41, 5.74) is 1.31. The van der Waals surface area contributed by atoms with Crippen LogP contribution in [0.2, 0.25) is 5.02 Å². The third kappa shape index (κ3) is 2.96. The van der Waals surface area contributed by atoms with E-state index in [2.05, 4.69) is 9.98 Å². The Morgan fingerprint density at radius 3 is 2.59 bits per heavy atom. The van der Waals surface area contributed by atoms with Crippen molar-refractivity contribution >= 4 is 50.9 Å². The first-order valence-electron chi connectivity index (χ1n) is 8.02. The van der Waals surface area contributed by atoms with Crippen molar-refractivity contribution in [2.45, 2.75) is 0 Å². The molecule has 0 amide bonds. The molecule has 1 aromatic heterocycles. The minimum atomic E-state index is -0.474. The Bertz CT molecular complexity index is 1240. The van der Waals surface area contributed by atoms with E-state index in [9.17, 15) is 15.2 Å². The van der Waals surface area contributed by atoms with Gasteiger partial charge in [0, 0.05) is 34.8 Å². The highest BCUT2D eigenvalue weighted by Gasteiger charge is 2.17. The second kappa shape index (κ2) is 6.66. The number of aromatic nitrogens is 1. The van der Waals surface area contributed by atoms with Crippen LogP contribution in [0, 0.1) is 10.1 Å². The van der Waals surface area contributed by atoms with Gasteiger partial charge in [-0.25, -0.2) is 0 Å². The Kier molecular flexibility index (Phi) is 4.18. The SMILES string of the molecule is O=[N+]([O-])c1cc(C=Nc2ccc(Cl)c3cccnc23)c(O)c2ccccc12. The summed E-state index contributed by atoms with van der Waals surface area (Å²) in [7, 11) is 0. The van der Waals surface area contributed by atoms with Crippen LogP contribution in [-0.4, -0.2) is 21.2 Å². The first kappa shape index (κ1) is 16.9. The molecular formula is C20H12ClN3O3. The highest BCUT2D eigenvalue weighted by atomic mass is 35.5. The van der Waals surface area contributed by atoms with Gasteiger partial charge in [-0.05, 0) is 30.3 Å². The number of rotatable bonds is 3. The van der Waals surface area contributed by atoms with Crippen LogP contribution in [0.25, 0.3) is 21.7 Å². The fraction of sp³-hybridized carbons (Fsp3) is 0. The van der Waals surface area contributed by atoms with Crippen molar-refractivity contribution < 1.29 is 10.0 Å². The van der Waals surface area contributed by atoms with E-state index in [-0.39, 0.29) is 17.0 Å². The van der Waals surface area contributed by atoms with Crippen LogP contribution >= 0.6 is 11.6 Å². The molecule has 0 aliphatic heterocycles. The molecule has 0 saturated heterocycles. The Labute approximate surface area is 158 Å². The monoisotopic (exact) mass is 377 g/mol. The zero-order valence-corrected chi connectivity index (χ0v) is 14.6. The van der Waals surface area contributed by atoms with Gasteiger partial charge in [0.15, 0.2) is 0 Å². The van der Waals surface area contributed by atoms with Crippen molar-refractivity contribution in [3.05, 3.63) is 81.5 Å². The lowest BCUT2D eigenvalue weighted by atomic mass is 10.0. The van der Waals surface area contributed by atoms with Crippen molar-refractivity contribution in [2.75, 3.05) is 0 Å². The molecule has 4 rings (SSSR count). The maximum atomic E-state index is 11.4. The number of phenols is 1. The van der Waals surface area contributed by atoms with Gasteiger partial charge in [-0.15, -0.1) is 0 Å². The first-order chi connectivity index (χ1) is 13.1. The molecule has 0 aliphatic rings. The van der Waals surface area contributed by atoms with Crippen LogP contribution in [0.1, 0.15) is 5.56 Å². The molecule has 0 bridgehead atoms. The fourth-order valence-electron chi connectivity index (χ4n) is 2.98. The molecule has 4 aromatic rings. The van der Waals surface area contributed by atoms with Gasteiger partial charge in [0.2, 0.25) is 0 Å². The predicted octanol–water partition coefficient (Wildman–Crippen LogP) is 5.41. The summed E-state index contributed by atoms with van der Waals surface area (Å²) in [6.45, 7) is 0. The van der Waals surface area contributed by atoms with E-state index in [0.717, 1.165) is 5.39 Å². The normalized spacial score (nSPS) is 11.4. The summed E-state index contributed by atoms with van der Waals surface area (Å²) >= 11 is 6.19. The highest BCUT2D eigenvalue weighted by molar-refractivity contribution is 6.35. The van der Waals surface area contributed by atoms with E-state index in [4.69, 9.17) is 11.6 Å². The van der Waals surface area contributed by atoms with Crippen LogP contribution in [0.5, 0.6) is 5.75 Å². The van der Waals surface area contributed by atoms with E-state index < -0.39 is 4.92 Å². The highest BCUT2D eigenvalue weighted by Crippen LogP contribution is 2.36. The average Bonchev–Trinajstić information content (AvgIpc) is 2.69. The van der Waals surface area contributed by atoms with Crippen molar-refractivity contribution in [3.8, 4) is 5.75 Å². The Morgan fingerprint density at radius 1 is 1.07 bits per heavy atom. The van der Waals surface area contributed by atoms with Gasteiger partial charge in [0.25, 0.3) is 5.69 Å². The second-order valence-electron chi connectivity index (χ2n) is 5.86. The Balaban J connectivity index is 1.89. The summed E-state index contributed by atoms with van der Waals surface area (Å²) in [4.78, 5) is 19.6. The summed E-state index contributed by atoms with van der Waals surface area (Å²) in [6, 6.07) is 15.0. The topological polar surface area (TPSA) is 88.6 Å². The maximum Gasteiger partial charge on any atom is 0.278 e. The number of benzene rings is 3. The van der Waals surface area contributed by atoms with Crippen molar-refractivity contribution in [1.82, 2.24) is 4.98 Å². The number of phenolic OH excluding ortho intramolecular Hbond substituents is 1. The maximum absolute atomic E-state index is 11.4. The van der Waals surface area contributed by atoms with E-state index in [0.29, 0.717) is 27.0 Å². The lowest BCUT2D eigenvalue weighted by molar-refractivity contribution is -0.383. The largest absolute Gasteiger partial charge is 0.507 e. The number of aromatic hydroxyl groups is 1. The number of hydrogen-bond donors (Lipinski definition) is 1. The van der Waals surface area contributed by atoms with Gasteiger partial charge >= 0.3 is 0 Å². The summed E-state index contributed by atoms with van der Waals surface area (Å²) < 4.78 is 0. The number of hydrogen-bond acceptors (Lipinski definition) is 5. The molecule has 132 valence electrons. The van der Waals surface area contributed by atoms with Crippen LogP contribution in [0.15, 0.2) is 65.8 Å². The Hall–Kier alpha value is -3.51. The van der Waals surface area contributed by atoms with Crippen molar-refractivity contribution in [3.63, 3.8) is 0 Å². The summed E-state index contributed by atoms with van der Waals surface area (Å²) in [5.74, 6) is -0.0637. The molecule has 0 radical (unpaired) electrons. The smallest absolute Gasteiger partial charge is 0.278 e. The molecular weight excluding hydrogens is 366 g/mol. The number of fused-ring (bicyclic) bond motifs is 2. The zero-order valence-electron chi connectivity index (χ0n) is 13.8. The van der Waals surface area contributed by atoms with E-state index in [1.165, 1.54) is 12.3 Å². The number of pyridine rings is 1. The number of non-ortho nitro benzene ring substituents is 1. The van der Waals surface area contributed by atoms with Gasteiger partial charge in [0.1, 0.15) is 5.75 Å². The lowest BCUT2D eigenvalue weighted by Crippen LogP contribution is -1.93. The van der Waals surface area contributed by atoms with Crippen molar-refractivity contribution in [1.29, 1.82) is 0 Å². The Morgan fingerprint density at radius 2 is 1.81 bits per heavy atom. The molecule has 0 unspecified atom stereocenters. The fourth-order valence-corrected chi connectivity index (χ4v) is 3.19. The minimum Gasteiger partial charge on any atom is -0.507 e. The molecule has 0 saturated carbocycles. The molecule has 3 aromatic carbocycles. The van der Waals surface area contributed by atoms with E-state index >= 15 is 0 Å². The predicted molar refractivity (Wildman–Crippen MR) is 106 cm³/mol. The lowest BCUT2D eigenvalue weighted by Gasteiger charge is -2.06. The van der Waals surface area contributed by atoms with E-state index in [1.807, 2.05) is 6.07 Å². The zero-order chi connectivity index (χ0) is 19.0. The van der Waals surface area contributed by atoms with Gasteiger partial charge in [-0.1, -0.05) is 29.8 Å². The van der Waals surface area contributed by atoms with Gasteiger partial charge in [0.05, 0.1) is 26.5 Å². The molecule has 0 atom stereocenters. The molecule has 27 heavy (non-hydrogen) atoms. The average molecular weight is 378 g/mol. The third-order valence-electron chi connectivity index (χ3n) is 4.26. The standard InChI is InChI=1S/C20H12ClN3O3/c21-16-7-8-17(19-15(16)6-3-9-22-19)23-11-12-10-18(24(26)27)13-4-1-2-5-14(13)20(12)25/h1-11,25H. The molecule has 0 spiro atoms. The molecule has 7 heteroatoms. The van der Waals surface area contributed by atoms with Crippen LogP contribution in [0.4, 0.5) is 11.4 Å². The quantitative estimate of drug-likeness (QED) is 0.294. The molecule has 1 heterocycles. The summed E-state index contributed by atoms with van der Waals surface area (Å²) in [5, 5.41) is 24.0. The van der Waals surface area contributed by atoms with Crippen molar-refractivity contribution in [2.24, 2.45) is 4.99 Å². The molecule has 0 aliphatic carbocycles. The number of nitro benzene ring substituents is 1. The van der Waals surface area contributed by atoms with Gasteiger partial charge < -0.3 is 5.11 Å². The second-order valence-corrected chi connectivity index (χ2v) is 6.27. The molecule has 1 N–H and O–H groups in total. The summed E-state index contributed by atoms with van der Waals surface area (Å²) in [6.07, 6.45) is 3.03. The number of halogens is 1. The van der Waals surface area contributed by atoms with Crippen LogP contribution in [0.3, 0.4) is 0 Å². The third-order valence-corrected chi connectivity index (χ3v) is 4.59. The molecule has 0 fully saturated rings. The number of nitrogens with zero attached hydrogens (tertiary/aromatic N) is 3. The first-order valence-corrected chi connectivity index (χ1v) is 8.40. The van der Waals surface area contributed by atoms with Crippen LogP contribution < -0.4 is 0 Å². The van der Waals surface area contributed by atoms with Gasteiger partial charge in [-0.3, -0.25) is 20.1 Å². The van der Waals surface area contributed by atoms with Gasteiger partial charge in [-0.2, -0.15) is 0 Å². The number of aliphatic imine (C=N–C) groups is 1. The van der Waals surface area contributed by atoms with Crippen LogP contribution in [-0.2, 0) is 0 Å². The van der Waals surface area contributed by atoms with E-state index in [1.54, 1.807) is 48.7 Å².